The summed E-state index contributed by atoms with van der Waals surface area (Å²) in [6, 6.07) is 11.2. The molecule has 0 spiro atoms. The highest BCUT2D eigenvalue weighted by Gasteiger charge is 2.21. The summed E-state index contributed by atoms with van der Waals surface area (Å²) in [7, 11) is 1.58. The molecule has 150 valence electrons. The molecular weight excluding hydrogens is 392 g/mol. The number of hydrogen-bond donors (Lipinski definition) is 0. The van der Waals surface area contributed by atoms with Gasteiger partial charge in [0.15, 0.2) is 5.12 Å². The van der Waals surface area contributed by atoms with E-state index in [4.69, 9.17) is 4.74 Å². The number of methoxy groups -OCH3 is 1. The van der Waals surface area contributed by atoms with Gasteiger partial charge in [-0.2, -0.15) is 0 Å². The first-order chi connectivity index (χ1) is 13.3. The van der Waals surface area contributed by atoms with Crippen LogP contribution in [0.2, 0.25) is 0 Å². The van der Waals surface area contributed by atoms with E-state index in [-0.39, 0.29) is 10.9 Å². The van der Waals surface area contributed by atoms with Crippen LogP contribution in [-0.2, 0) is 14.5 Å². The smallest absolute Gasteiger partial charge is 0.294 e. The summed E-state index contributed by atoms with van der Waals surface area (Å²) < 4.78 is 5.19. The summed E-state index contributed by atoms with van der Waals surface area (Å²) in [5, 5.41) is 20.2. The molecule has 11 heteroatoms. The lowest BCUT2D eigenvalue weighted by atomic mass is 9.99. The average Bonchev–Trinajstić information content (AvgIpc) is 2.67. The molecule has 0 aliphatic carbocycles. The lowest BCUT2D eigenvalue weighted by Gasteiger charge is -2.15. The summed E-state index contributed by atoms with van der Waals surface area (Å²) in [6.45, 7) is 1.08. The number of carbonyl (C=O) groups is 1. The van der Waals surface area contributed by atoms with Crippen LogP contribution in [0, 0.1) is 20.2 Å². The van der Waals surface area contributed by atoms with Gasteiger partial charge in [-0.1, -0.05) is 43.0 Å². The third-order valence-electron chi connectivity index (χ3n) is 3.94. The van der Waals surface area contributed by atoms with Gasteiger partial charge in [0.25, 0.3) is 10.2 Å². The lowest BCUT2D eigenvalue weighted by Crippen LogP contribution is -2.27. The van der Waals surface area contributed by atoms with Crippen molar-refractivity contribution in [3.63, 3.8) is 0 Å². The fourth-order valence-corrected chi connectivity index (χ4v) is 3.34. The molecule has 0 aromatic heterocycles. The zero-order valence-corrected chi connectivity index (χ0v) is 15.9. The number of nitrogens with zero attached hydrogens (tertiary/aromatic N) is 2. The van der Waals surface area contributed by atoms with E-state index in [0.717, 1.165) is 33.8 Å². The fraction of sp³-hybridized carbons (Fsp3) is 0.353. The molecule has 0 N–H and O–H groups in total. The second kappa shape index (κ2) is 9.74. The lowest BCUT2D eigenvalue weighted by molar-refractivity contribution is -0.788. The normalized spacial score (nSPS) is 12.8. The molecule has 0 amide bonds. The molecule has 28 heavy (non-hydrogen) atoms. The maximum absolute atomic E-state index is 12.5. The van der Waals surface area contributed by atoms with Gasteiger partial charge in [-0.3, -0.25) is 4.79 Å². The van der Waals surface area contributed by atoms with Crippen LogP contribution in [0.4, 0.5) is 0 Å². The Morgan fingerprint density at radius 3 is 2.43 bits per heavy atom. The van der Waals surface area contributed by atoms with E-state index in [0.29, 0.717) is 0 Å². The molecule has 2 aromatic carbocycles. The first-order valence-electron chi connectivity index (χ1n) is 8.13. The highest BCUT2D eigenvalue weighted by Crippen LogP contribution is 2.28. The number of ether oxygens (including phenoxy) is 1. The number of rotatable bonds is 10. The van der Waals surface area contributed by atoms with E-state index in [2.05, 4.69) is 9.68 Å². The average molecular weight is 410 g/mol. The predicted molar refractivity (Wildman–Crippen MR) is 101 cm³/mol. The van der Waals surface area contributed by atoms with E-state index in [1.54, 1.807) is 14.0 Å². The molecule has 2 aromatic rings. The number of thioether (sulfide) groups is 1. The summed E-state index contributed by atoms with van der Waals surface area (Å²) in [4.78, 5) is 41.6. The molecule has 0 saturated carbocycles. The van der Waals surface area contributed by atoms with Gasteiger partial charge in [-0.05, 0) is 28.5 Å². The minimum atomic E-state index is -1.23. The highest BCUT2D eigenvalue weighted by molar-refractivity contribution is 8.13. The SMILES string of the molecule is COc1ccc2cc(C(C)C(=O)SCC(CO[N+](=O)[O-])O[N+](=O)[O-])ccc2c1. The van der Waals surface area contributed by atoms with Crippen LogP contribution in [0.1, 0.15) is 18.4 Å². The van der Waals surface area contributed by atoms with Gasteiger partial charge in [0.05, 0.1) is 13.0 Å². The molecule has 0 heterocycles. The van der Waals surface area contributed by atoms with Gasteiger partial charge >= 0.3 is 0 Å². The summed E-state index contributed by atoms with van der Waals surface area (Å²) >= 11 is 0.802. The van der Waals surface area contributed by atoms with Gasteiger partial charge in [0, 0.05) is 5.75 Å². The third-order valence-corrected chi connectivity index (χ3v) is 5.11. The Kier molecular flexibility index (Phi) is 7.38. The van der Waals surface area contributed by atoms with Crippen LogP contribution in [0.3, 0.4) is 0 Å². The van der Waals surface area contributed by atoms with Gasteiger partial charge in [-0.15, -0.1) is 20.2 Å². The van der Waals surface area contributed by atoms with Crippen LogP contribution in [-0.4, -0.2) is 40.9 Å². The minimum Gasteiger partial charge on any atom is -0.497 e. The number of hydrogen-bond acceptors (Lipinski definition) is 9. The quantitative estimate of drug-likeness (QED) is 0.428. The molecule has 0 radical (unpaired) electrons. The van der Waals surface area contributed by atoms with E-state index in [9.17, 15) is 25.0 Å². The van der Waals surface area contributed by atoms with Crippen molar-refractivity contribution in [3.05, 3.63) is 62.2 Å². The first-order valence-corrected chi connectivity index (χ1v) is 9.11. The van der Waals surface area contributed by atoms with Gasteiger partial charge in [0.2, 0.25) is 0 Å². The van der Waals surface area contributed by atoms with Gasteiger partial charge in [0.1, 0.15) is 18.5 Å². The number of benzene rings is 2. The largest absolute Gasteiger partial charge is 0.497 e. The Balaban J connectivity index is 2.03. The van der Waals surface area contributed by atoms with Crippen molar-refractivity contribution in [1.82, 2.24) is 0 Å². The molecule has 2 rings (SSSR count). The molecule has 10 nitrogen and oxygen atoms in total. The Bertz CT molecular complexity index is 875. The molecule has 0 saturated heterocycles. The summed E-state index contributed by atoms with van der Waals surface area (Å²) in [5.74, 6) is 0.0980. The Morgan fingerprint density at radius 1 is 1.11 bits per heavy atom. The molecular formula is C17H18N2O8S. The van der Waals surface area contributed by atoms with Crippen molar-refractivity contribution in [2.45, 2.75) is 18.9 Å². The van der Waals surface area contributed by atoms with E-state index >= 15 is 0 Å². The van der Waals surface area contributed by atoms with Crippen LogP contribution in [0.5, 0.6) is 5.75 Å². The minimum absolute atomic E-state index is 0.150. The van der Waals surface area contributed by atoms with Crippen molar-refractivity contribution in [1.29, 1.82) is 0 Å². The molecule has 0 aliphatic heterocycles. The van der Waals surface area contributed by atoms with Crippen molar-refractivity contribution < 1.29 is 29.4 Å². The molecule has 0 aliphatic rings. The standard InChI is InChI=1S/C17H18N2O8S/c1-11(12-3-4-14-8-15(25-2)6-5-13(14)7-12)17(20)28-10-16(27-19(23)24)9-26-18(21)22/h3-8,11,16H,9-10H2,1-2H3. The van der Waals surface area contributed by atoms with Crippen LogP contribution in [0.25, 0.3) is 10.8 Å². The first kappa shape index (κ1) is 21.2. The molecule has 2 atom stereocenters. The highest BCUT2D eigenvalue weighted by atomic mass is 32.2. The van der Waals surface area contributed by atoms with E-state index in [1.807, 2.05) is 36.4 Å². The second-order valence-corrected chi connectivity index (χ2v) is 6.82. The second-order valence-electron chi connectivity index (χ2n) is 5.79. The predicted octanol–water partition coefficient (Wildman–Crippen LogP) is 3.00. The van der Waals surface area contributed by atoms with Crippen LogP contribution in [0.15, 0.2) is 36.4 Å². The van der Waals surface area contributed by atoms with Gasteiger partial charge in [-0.25, -0.2) is 0 Å². The number of fused-ring (bicyclic) bond motifs is 1. The van der Waals surface area contributed by atoms with Crippen molar-refractivity contribution in [3.8, 4) is 5.75 Å². The Morgan fingerprint density at radius 2 is 1.79 bits per heavy atom. The van der Waals surface area contributed by atoms with Crippen molar-refractivity contribution >= 4 is 27.6 Å². The zero-order valence-electron chi connectivity index (χ0n) is 15.1. The van der Waals surface area contributed by atoms with Crippen molar-refractivity contribution in [2.75, 3.05) is 19.5 Å². The Hall–Kier alpha value is -3.08. The molecule has 0 fully saturated rings. The Labute approximate surface area is 164 Å². The maximum Gasteiger partial charge on any atom is 0.294 e. The molecule has 0 bridgehead atoms. The van der Waals surface area contributed by atoms with Crippen LogP contribution < -0.4 is 4.74 Å². The third kappa shape index (κ3) is 5.98. The summed E-state index contributed by atoms with van der Waals surface area (Å²) in [5.41, 5.74) is 0.781. The zero-order chi connectivity index (χ0) is 20.7. The van der Waals surface area contributed by atoms with Crippen molar-refractivity contribution in [2.24, 2.45) is 0 Å². The topological polar surface area (TPSA) is 131 Å². The molecule has 2 unspecified atom stereocenters. The number of carbonyl (C=O) groups excluding carboxylic acids is 1. The summed E-state index contributed by atoms with van der Waals surface area (Å²) in [6.07, 6.45) is -1.23. The fourth-order valence-electron chi connectivity index (χ4n) is 2.45. The maximum atomic E-state index is 12.5. The van der Waals surface area contributed by atoms with Gasteiger partial charge < -0.3 is 14.4 Å². The monoisotopic (exact) mass is 410 g/mol. The van der Waals surface area contributed by atoms with E-state index < -0.39 is 28.8 Å². The van der Waals surface area contributed by atoms with Crippen LogP contribution >= 0.6 is 11.8 Å². The van der Waals surface area contributed by atoms with E-state index in [1.165, 1.54) is 0 Å².